The highest BCUT2D eigenvalue weighted by Crippen LogP contribution is 2.19. The van der Waals surface area contributed by atoms with Gasteiger partial charge in [0.25, 0.3) is 0 Å². The van der Waals surface area contributed by atoms with Gasteiger partial charge in [0.1, 0.15) is 0 Å². The van der Waals surface area contributed by atoms with Crippen LogP contribution in [-0.4, -0.2) is 45.8 Å². The molecule has 0 spiro atoms. The Hall–Kier alpha value is -0.660. The second kappa shape index (κ2) is 7.81. The van der Waals surface area contributed by atoms with Gasteiger partial charge in [0.2, 0.25) is 15.9 Å². The molecule has 1 amide bonds. The third kappa shape index (κ3) is 5.88. The van der Waals surface area contributed by atoms with E-state index in [0.29, 0.717) is 12.5 Å². The Kier molecular flexibility index (Phi) is 6.74. The maximum absolute atomic E-state index is 11.9. The van der Waals surface area contributed by atoms with Crippen molar-refractivity contribution in [2.75, 3.05) is 25.4 Å². The van der Waals surface area contributed by atoms with Crippen molar-refractivity contribution in [1.29, 1.82) is 0 Å². The van der Waals surface area contributed by atoms with E-state index in [1.54, 1.807) is 6.92 Å². The van der Waals surface area contributed by atoms with E-state index in [1.165, 1.54) is 0 Å². The van der Waals surface area contributed by atoms with Crippen LogP contribution < -0.4 is 15.4 Å². The Balaban J connectivity index is 2.31. The van der Waals surface area contributed by atoms with Gasteiger partial charge in [-0.1, -0.05) is 20.3 Å². The second-order valence-electron chi connectivity index (χ2n) is 4.91. The highest BCUT2D eigenvalue weighted by Gasteiger charge is 2.25. The Bertz CT molecular complexity index is 384. The van der Waals surface area contributed by atoms with Crippen LogP contribution in [0.3, 0.4) is 0 Å². The number of carbonyl (C=O) groups is 1. The molecule has 0 aliphatic carbocycles. The van der Waals surface area contributed by atoms with Gasteiger partial charge in [-0.25, -0.2) is 13.1 Å². The van der Waals surface area contributed by atoms with Gasteiger partial charge >= 0.3 is 0 Å². The van der Waals surface area contributed by atoms with E-state index in [1.807, 2.05) is 0 Å². The number of rotatable bonds is 7. The van der Waals surface area contributed by atoms with Gasteiger partial charge in [0, 0.05) is 13.1 Å². The minimum absolute atomic E-state index is 0.0729. The summed E-state index contributed by atoms with van der Waals surface area (Å²) in [5, 5.41) is 5.87. The summed E-state index contributed by atoms with van der Waals surface area (Å²) in [6.45, 7) is 5.25. The van der Waals surface area contributed by atoms with Crippen molar-refractivity contribution >= 4 is 15.9 Å². The average Bonchev–Trinajstić information content (AvgIpc) is 2.38. The number of piperidine rings is 1. The van der Waals surface area contributed by atoms with Crippen LogP contribution >= 0.6 is 0 Å². The third-order valence-electron chi connectivity index (χ3n) is 3.44. The van der Waals surface area contributed by atoms with Gasteiger partial charge in [-0.2, -0.15) is 0 Å². The van der Waals surface area contributed by atoms with Crippen LogP contribution in [0.5, 0.6) is 0 Å². The molecule has 1 fully saturated rings. The molecular weight excluding hydrogens is 266 g/mol. The Morgan fingerprint density at radius 3 is 2.74 bits per heavy atom. The number of nitrogens with one attached hydrogen (secondary N) is 3. The molecule has 0 bridgehead atoms. The van der Waals surface area contributed by atoms with Gasteiger partial charge in [-0.3, -0.25) is 4.79 Å². The molecule has 0 aromatic rings. The normalized spacial score (nSPS) is 24.1. The molecule has 7 heteroatoms. The van der Waals surface area contributed by atoms with Crippen LogP contribution in [0.15, 0.2) is 0 Å². The number of hydrogen-bond acceptors (Lipinski definition) is 4. The van der Waals surface area contributed by atoms with Gasteiger partial charge < -0.3 is 10.6 Å². The summed E-state index contributed by atoms with van der Waals surface area (Å²) in [5.41, 5.74) is 0. The van der Waals surface area contributed by atoms with Crippen LogP contribution in [0.2, 0.25) is 0 Å². The van der Waals surface area contributed by atoms with Crippen molar-refractivity contribution in [1.82, 2.24) is 15.4 Å². The fourth-order valence-electron chi connectivity index (χ4n) is 2.29. The molecule has 1 aliphatic heterocycles. The zero-order chi connectivity index (χ0) is 14.3. The van der Waals surface area contributed by atoms with E-state index >= 15 is 0 Å². The second-order valence-corrected chi connectivity index (χ2v) is 6.84. The van der Waals surface area contributed by atoms with Gasteiger partial charge in [-0.05, 0) is 25.3 Å². The lowest BCUT2D eigenvalue weighted by molar-refractivity contribution is -0.123. The predicted octanol–water partition coefficient (Wildman–Crippen LogP) is -0.180. The minimum atomic E-state index is -3.26. The molecule has 3 N–H and O–H groups in total. The van der Waals surface area contributed by atoms with Gasteiger partial charge in [0.05, 0.1) is 11.8 Å². The summed E-state index contributed by atoms with van der Waals surface area (Å²) in [6.07, 6.45) is 3.03. The monoisotopic (exact) mass is 291 g/mol. The summed E-state index contributed by atoms with van der Waals surface area (Å²) >= 11 is 0. The van der Waals surface area contributed by atoms with Crippen LogP contribution in [0, 0.1) is 5.92 Å². The topological polar surface area (TPSA) is 87.3 Å². The van der Waals surface area contributed by atoms with Crippen LogP contribution in [0.1, 0.15) is 33.1 Å². The van der Waals surface area contributed by atoms with Crippen LogP contribution in [0.25, 0.3) is 0 Å². The summed E-state index contributed by atoms with van der Waals surface area (Å²) < 4.78 is 25.2. The first kappa shape index (κ1) is 16.4. The molecule has 19 heavy (non-hydrogen) atoms. The van der Waals surface area contributed by atoms with E-state index < -0.39 is 10.0 Å². The molecule has 1 heterocycles. The largest absolute Gasteiger partial charge is 0.354 e. The lowest BCUT2D eigenvalue weighted by Gasteiger charge is -2.28. The molecule has 1 aliphatic rings. The third-order valence-corrected chi connectivity index (χ3v) is 4.91. The molecule has 1 saturated heterocycles. The smallest absolute Gasteiger partial charge is 0.237 e. The molecule has 0 saturated carbocycles. The van der Waals surface area contributed by atoms with Crippen molar-refractivity contribution in [3.8, 4) is 0 Å². The van der Waals surface area contributed by atoms with E-state index in [-0.39, 0.29) is 24.2 Å². The maximum Gasteiger partial charge on any atom is 0.237 e. The molecule has 1 rings (SSSR count). The van der Waals surface area contributed by atoms with Crippen molar-refractivity contribution in [3.63, 3.8) is 0 Å². The van der Waals surface area contributed by atoms with Crippen molar-refractivity contribution in [2.45, 2.75) is 39.2 Å². The van der Waals surface area contributed by atoms with Crippen molar-refractivity contribution in [3.05, 3.63) is 0 Å². The minimum Gasteiger partial charge on any atom is -0.354 e. The number of carbonyl (C=O) groups excluding carboxylic acids is 1. The Morgan fingerprint density at radius 2 is 2.11 bits per heavy atom. The van der Waals surface area contributed by atoms with Crippen molar-refractivity contribution in [2.24, 2.45) is 5.92 Å². The first-order valence-electron chi connectivity index (χ1n) is 6.97. The van der Waals surface area contributed by atoms with Crippen LogP contribution in [0.4, 0.5) is 0 Å². The van der Waals surface area contributed by atoms with E-state index in [2.05, 4.69) is 22.3 Å². The molecule has 0 aromatic heterocycles. The summed E-state index contributed by atoms with van der Waals surface area (Å²) in [4.78, 5) is 11.9. The lowest BCUT2D eigenvalue weighted by atomic mass is 9.90. The van der Waals surface area contributed by atoms with E-state index in [4.69, 9.17) is 0 Å². The zero-order valence-corrected chi connectivity index (χ0v) is 12.6. The molecular formula is C12H25N3O3S. The average molecular weight is 291 g/mol. The summed E-state index contributed by atoms with van der Waals surface area (Å²) in [7, 11) is -3.26. The number of sulfonamides is 1. The van der Waals surface area contributed by atoms with Gasteiger partial charge in [0.15, 0.2) is 0 Å². The van der Waals surface area contributed by atoms with E-state index in [9.17, 15) is 13.2 Å². The summed E-state index contributed by atoms with van der Waals surface area (Å²) in [6, 6.07) is -0.180. The van der Waals surface area contributed by atoms with Gasteiger partial charge in [-0.15, -0.1) is 0 Å². The van der Waals surface area contributed by atoms with E-state index in [0.717, 1.165) is 25.8 Å². The molecule has 2 atom stereocenters. The van der Waals surface area contributed by atoms with Crippen LogP contribution in [-0.2, 0) is 14.8 Å². The Labute approximate surface area is 115 Å². The molecule has 0 aromatic carbocycles. The standard InChI is InChI=1S/C12H25N3O3S/c1-3-10-5-6-13-11(9-10)12(16)14-7-8-19(17,18)15-4-2/h10-11,13,15H,3-9H2,1-2H3,(H,14,16). The first-order chi connectivity index (χ1) is 8.98. The highest BCUT2D eigenvalue weighted by atomic mass is 32.2. The molecule has 2 unspecified atom stereocenters. The maximum atomic E-state index is 11.9. The Morgan fingerprint density at radius 1 is 1.37 bits per heavy atom. The fourth-order valence-corrected chi connectivity index (χ4v) is 3.25. The molecule has 6 nitrogen and oxygen atoms in total. The highest BCUT2D eigenvalue weighted by molar-refractivity contribution is 7.89. The predicted molar refractivity (Wildman–Crippen MR) is 75.3 cm³/mol. The zero-order valence-electron chi connectivity index (χ0n) is 11.7. The molecule has 0 radical (unpaired) electrons. The number of amides is 1. The first-order valence-corrected chi connectivity index (χ1v) is 8.62. The quantitative estimate of drug-likeness (QED) is 0.607. The number of hydrogen-bond donors (Lipinski definition) is 3. The van der Waals surface area contributed by atoms with Crippen molar-refractivity contribution < 1.29 is 13.2 Å². The fraction of sp³-hybridized carbons (Fsp3) is 0.917. The summed E-state index contributed by atoms with van der Waals surface area (Å²) in [5.74, 6) is 0.420. The molecule has 112 valence electrons. The SMILES string of the molecule is CCNS(=O)(=O)CCNC(=O)C1CC(CC)CCN1. The lowest BCUT2D eigenvalue weighted by Crippen LogP contribution is -2.49.